The first-order chi connectivity index (χ1) is 8.08. The molecule has 0 aliphatic heterocycles. The molecule has 94 valence electrons. The van der Waals surface area contributed by atoms with Gasteiger partial charge in [-0.2, -0.15) is 0 Å². The van der Waals surface area contributed by atoms with E-state index < -0.39 is 0 Å². The van der Waals surface area contributed by atoms with E-state index in [1.165, 1.54) is 0 Å². The van der Waals surface area contributed by atoms with E-state index in [9.17, 15) is 0 Å². The van der Waals surface area contributed by atoms with E-state index in [0.29, 0.717) is 6.54 Å². The molecule has 0 amide bonds. The van der Waals surface area contributed by atoms with Gasteiger partial charge < -0.3 is 15.8 Å². The number of rotatable bonds is 5. The number of aryl methyl sites for hydroxylation is 1. The van der Waals surface area contributed by atoms with Gasteiger partial charge in [-0.25, -0.2) is 9.97 Å². The van der Waals surface area contributed by atoms with Gasteiger partial charge in [0, 0.05) is 31.3 Å². The van der Waals surface area contributed by atoms with Gasteiger partial charge in [0.1, 0.15) is 18.0 Å². The second-order valence-electron chi connectivity index (χ2n) is 4.03. The summed E-state index contributed by atoms with van der Waals surface area (Å²) in [5, 5.41) is 11.6. The molecule has 1 aromatic rings. The zero-order chi connectivity index (χ0) is 12.8. The van der Waals surface area contributed by atoms with Crippen LogP contribution in [0.15, 0.2) is 17.5 Å². The number of oxime groups is 1. The van der Waals surface area contributed by atoms with E-state index in [0.717, 1.165) is 17.9 Å². The molecule has 0 aliphatic carbocycles. The highest BCUT2D eigenvalue weighted by molar-refractivity contribution is 5.82. The number of anilines is 1. The summed E-state index contributed by atoms with van der Waals surface area (Å²) >= 11 is 0. The lowest BCUT2D eigenvalue weighted by atomic mass is 10.1. The predicted molar refractivity (Wildman–Crippen MR) is 67.3 cm³/mol. The molecule has 3 N–H and O–H groups in total. The summed E-state index contributed by atoms with van der Waals surface area (Å²) in [5.74, 6) is 1.03. The summed E-state index contributed by atoms with van der Waals surface area (Å²) in [6, 6.07) is 1.94. The van der Waals surface area contributed by atoms with Crippen molar-refractivity contribution in [3.8, 4) is 0 Å². The summed E-state index contributed by atoms with van der Waals surface area (Å²) in [7, 11) is 1.92. The van der Waals surface area contributed by atoms with Crippen LogP contribution in [0.3, 0.4) is 0 Å². The number of hydrogen-bond donors (Lipinski definition) is 2. The van der Waals surface area contributed by atoms with Crippen LogP contribution in [-0.2, 0) is 6.42 Å². The van der Waals surface area contributed by atoms with Gasteiger partial charge in [0.2, 0.25) is 0 Å². The van der Waals surface area contributed by atoms with Gasteiger partial charge in [-0.05, 0) is 6.42 Å². The number of amidine groups is 1. The fourth-order valence-corrected chi connectivity index (χ4v) is 1.48. The van der Waals surface area contributed by atoms with Crippen molar-refractivity contribution in [2.24, 2.45) is 16.8 Å². The van der Waals surface area contributed by atoms with E-state index >= 15 is 0 Å². The Labute approximate surface area is 101 Å². The Morgan fingerprint density at radius 3 is 2.88 bits per heavy atom. The SMILES string of the molecule is CCc1cc(N(C)CC(C)/C(N)=N/O)ncn1. The third-order valence-electron chi connectivity index (χ3n) is 2.63. The van der Waals surface area contributed by atoms with Crippen molar-refractivity contribution < 1.29 is 5.21 Å². The third kappa shape index (κ3) is 3.58. The van der Waals surface area contributed by atoms with Crippen molar-refractivity contribution in [1.29, 1.82) is 0 Å². The minimum absolute atomic E-state index is 0.0370. The van der Waals surface area contributed by atoms with E-state index in [-0.39, 0.29) is 11.8 Å². The van der Waals surface area contributed by atoms with E-state index in [2.05, 4.69) is 15.1 Å². The highest BCUT2D eigenvalue weighted by Crippen LogP contribution is 2.11. The standard InChI is InChI=1S/C11H19N5O/c1-4-9-5-10(14-7-13-9)16(3)6-8(2)11(12)15-17/h5,7-8,17H,4,6H2,1-3H3,(H2,12,15). The van der Waals surface area contributed by atoms with Gasteiger partial charge in [-0.3, -0.25) is 0 Å². The molecule has 0 saturated heterocycles. The molecule has 17 heavy (non-hydrogen) atoms. The first-order valence-corrected chi connectivity index (χ1v) is 5.58. The zero-order valence-electron chi connectivity index (χ0n) is 10.5. The highest BCUT2D eigenvalue weighted by Gasteiger charge is 2.12. The first kappa shape index (κ1) is 13.2. The summed E-state index contributed by atoms with van der Waals surface area (Å²) in [6.45, 7) is 4.58. The molecule has 0 aliphatic rings. The van der Waals surface area contributed by atoms with Gasteiger partial charge in [-0.15, -0.1) is 0 Å². The highest BCUT2D eigenvalue weighted by atomic mass is 16.4. The van der Waals surface area contributed by atoms with Crippen LogP contribution in [0.4, 0.5) is 5.82 Å². The van der Waals surface area contributed by atoms with Crippen LogP contribution in [0.2, 0.25) is 0 Å². The molecular formula is C11H19N5O. The largest absolute Gasteiger partial charge is 0.409 e. The quantitative estimate of drug-likeness (QED) is 0.343. The number of aromatic nitrogens is 2. The third-order valence-corrected chi connectivity index (χ3v) is 2.63. The summed E-state index contributed by atoms with van der Waals surface area (Å²) < 4.78 is 0. The molecule has 6 nitrogen and oxygen atoms in total. The van der Waals surface area contributed by atoms with Crippen LogP contribution in [-0.4, -0.2) is 34.6 Å². The van der Waals surface area contributed by atoms with Crippen molar-refractivity contribution >= 4 is 11.7 Å². The van der Waals surface area contributed by atoms with Gasteiger partial charge in [-0.1, -0.05) is 19.0 Å². The minimum Gasteiger partial charge on any atom is -0.409 e. The minimum atomic E-state index is -0.0370. The molecule has 1 unspecified atom stereocenters. The Kier molecular flexibility index (Phi) is 4.68. The number of nitrogens with zero attached hydrogens (tertiary/aromatic N) is 4. The number of hydrogen-bond acceptors (Lipinski definition) is 5. The van der Waals surface area contributed by atoms with Gasteiger partial charge >= 0.3 is 0 Å². The van der Waals surface area contributed by atoms with Gasteiger partial charge in [0.15, 0.2) is 0 Å². The van der Waals surface area contributed by atoms with E-state index in [4.69, 9.17) is 10.9 Å². The maximum absolute atomic E-state index is 8.59. The Morgan fingerprint density at radius 1 is 1.59 bits per heavy atom. The summed E-state index contributed by atoms with van der Waals surface area (Å²) in [6.07, 6.45) is 2.43. The molecule has 0 bridgehead atoms. The van der Waals surface area contributed by atoms with Crippen molar-refractivity contribution in [2.45, 2.75) is 20.3 Å². The fourth-order valence-electron chi connectivity index (χ4n) is 1.48. The maximum Gasteiger partial charge on any atom is 0.143 e. The average Bonchev–Trinajstić information content (AvgIpc) is 2.37. The van der Waals surface area contributed by atoms with Crippen LogP contribution >= 0.6 is 0 Å². The van der Waals surface area contributed by atoms with Crippen molar-refractivity contribution in [3.05, 3.63) is 18.1 Å². The fraction of sp³-hybridized carbons (Fsp3) is 0.545. The molecule has 0 radical (unpaired) electrons. The smallest absolute Gasteiger partial charge is 0.143 e. The van der Waals surface area contributed by atoms with Crippen molar-refractivity contribution in [3.63, 3.8) is 0 Å². The van der Waals surface area contributed by atoms with Crippen LogP contribution in [0.25, 0.3) is 0 Å². The molecule has 6 heteroatoms. The van der Waals surface area contributed by atoms with Crippen LogP contribution in [0.1, 0.15) is 19.5 Å². The normalized spacial score (nSPS) is 13.5. The molecule has 1 heterocycles. The van der Waals surface area contributed by atoms with Gasteiger partial charge in [0.05, 0.1) is 0 Å². The molecule has 0 fully saturated rings. The zero-order valence-corrected chi connectivity index (χ0v) is 10.5. The second-order valence-corrected chi connectivity index (χ2v) is 4.03. The molecule has 0 aromatic carbocycles. The Bertz CT molecular complexity index is 393. The maximum atomic E-state index is 8.59. The van der Waals surface area contributed by atoms with Crippen LogP contribution in [0, 0.1) is 5.92 Å². The molecule has 1 aromatic heterocycles. The molecule has 1 atom stereocenters. The Balaban J connectivity index is 2.72. The number of nitrogens with two attached hydrogens (primary N) is 1. The van der Waals surface area contributed by atoms with E-state index in [1.54, 1.807) is 6.33 Å². The predicted octanol–water partition coefficient (Wildman–Crippen LogP) is 0.858. The molecule has 1 rings (SSSR count). The topological polar surface area (TPSA) is 87.6 Å². The Hall–Kier alpha value is -1.85. The lowest BCUT2D eigenvalue weighted by molar-refractivity contribution is 0.314. The summed E-state index contributed by atoms with van der Waals surface area (Å²) in [5.41, 5.74) is 6.54. The van der Waals surface area contributed by atoms with Crippen LogP contribution < -0.4 is 10.6 Å². The molecular weight excluding hydrogens is 218 g/mol. The lowest BCUT2D eigenvalue weighted by Gasteiger charge is -2.21. The molecule has 0 saturated carbocycles. The van der Waals surface area contributed by atoms with Crippen molar-refractivity contribution in [1.82, 2.24) is 9.97 Å². The Morgan fingerprint density at radius 2 is 2.29 bits per heavy atom. The second kappa shape index (κ2) is 6.03. The monoisotopic (exact) mass is 237 g/mol. The van der Waals surface area contributed by atoms with E-state index in [1.807, 2.05) is 31.9 Å². The van der Waals surface area contributed by atoms with Crippen molar-refractivity contribution in [2.75, 3.05) is 18.5 Å². The van der Waals surface area contributed by atoms with Gasteiger partial charge in [0.25, 0.3) is 0 Å². The summed E-state index contributed by atoms with van der Waals surface area (Å²) in [4.78, 5) is 10.3. The molecule has 0 spiro atoms. The van der Waals surface area contributed by atoms with Crippen LogP contribution in [0.5, 0.6) is 0 Å². The lowest BCUT2D eigenvalue weighted by Crippen LogP contribution is -2.33. The first-order valence-electron chi connectivity index (χ1n) is 5.58. The average molecular weight is 237 g/mol.